The maximum absolute atomic E-state index is 13.1. The molecule has 1 aliphatic heterocycles. The average Bonchev–Trinajstić information content (AvgIpc) is 3.19. The normalized spacial score (nSPS) is 13.8. The number of hydrogen-bond acceptors (Lipinski definition) is 4. The van der Waals surface area contributed by atoms with E-state index in [-0.39, 0.29) is 11.8 Å². The van der Waals surface area contributed by atoms with Crippen LogP contribution >= 0.6 is 0 Å². The Balaban J connectivity index is 1.75. The molecule has 2 amide bonds. The summed E-state index contributed by atoms with van der Waals surface area (Å²) in [4.78, 5) is 25.8. The number of nitrogens with one attached hydrogen (secondary N) is 4. The average molecular weight is 455 g/mol. The molecule has 1 heterocycles. The standard InChI is InChI=1S/C28H30N4O2/c1-3-4-16-30-27(33)21-12-15-24-23(17-21)25(28(34)32-24)26(20-8-6-5-7-9-20)31-22-13-10-19(11-14-22)18-29-2/h5-15,17,29,31H,3-4,16,18H2,1-2H3,(H,30,33)(H,32,34)/b26-25-. The van der Waals surface area contributed by atoms with Gasteiger partial charge in [0.2, 0.25) is 0 Å². The molecule has 0 radical (unpaired) electrons. The van der Waals surface area contributed by atoms with E-state index in [0.717, 1.165) is 30.6 Å². The molecule has 174 valence electrons. The van der Waals surface area contributed by atoms with Crippen molar-refractivity contribution < 1.29 is 9.59 Å². The second kappa shape index (κ2) is 10.8. The van der Waals surface area contributed by atoms with E-state index in [4.69, 9.17) is 0 Å². The van der Waals surface area contributed by atoms with E-state index in [0.29, 0.717) is 34.6 Å². The molecule has 0 bridgehead atoms. The molecule has 3 aromatic carbocycles. The molecule has 4 rings (SSSR count). The van der Waals surface area contributed by atoms with Crippen molar-refractivity contribution in [2.75, 3.05) is 24.2 Å². The molecule has 34 heavy (non-hydrogen) atoms. The van der Waals surface area contributed by atoms with Gasteiger partial charge in [0.15, 0.2) is 0 Å². The van der Waals surface area contributed by atoms with Gasteiger partial charge in [-0.1, -0.05) is 55.8 Å². The Morgan fingerprint density at radius 3 is 2.41 bits per heavy atom. The Bertz CT molecular complexity index is 1200. The van der Waals surface area contributed by atoms with E-state index < -0.39 is 0 Å². The largest absolute Gasteiger partial charge is 0.354 e. The van der Waals surface area contributed by atoms with Crippen molar-refractivity contribution in [3.63, 3.8) is 0 Å². The van der Waals surface area contributed by atoms with E-state index >= 15 is 0 Å². The van der Waals surface area contributed by atoms with Crippen LogP contribution in [0.25, 0.3) is 11.3 Å². The van der Waals surface area contributed by atoms with Gasteiger partial charge in [-0.3, -0.25) is 9.59 Å². The molecule has 0 spiro atoms. The SMILES string of the molecule is CCCCNC(=O)c1ccc2c(c1)/C(=C(/Nc1ccc(CNC)cc1)c1ccccc1)C(=O)N2. The molecule has 6 nitrogen and oxygen atoms in total. The van der Waals surface area contributed by atoms with Crippen LogP contribution in [0.5, 0.6) is 0 Å². The number of carbonyl (C=O) groups is 2. The fourth-order valence-electron chi connectivity index (χ4n) is 3.98. The summed E-state index contributed by atoms with van der Waals surface area (Å²) in [6, 6.07) is 23.2. The molecular formula is C28H30N4O2. The number of unbranched alkanes of at least 4 members (excludes halogenated alkanes) is 1. The van der Waals surface area contributed by atoms with E-state index in [1.54, 1.807) is 18.2 Å². The van der Waals surface area contributed by atoms with E-state index in [9.17, 15) is 9.59 Å². The lowest BCUT2D eigenvalue weighted by molar-refractivity contribution is -0.110. The third kappa shape index (κ3) is 5.18. The molecule has 0 aliphatic carbocycles. The van der Waals surface area contributed by atoms with Crippen LogP contribution in [0.4, 0.5) is 11.4 Å². The molecule has 0 aromatic heterocycles. The molecule has 0 unspecified atom stereocenters. The molecule has 0 atom stereocenters. The minimum absolute atomic E-state index is 0.135. The van der Waals surface area contributed by atoms with Gasteiger partial charge < -0.3 is 21.3 Å². The topological polar surface area (TPSA) is 82.3 Å². The Morgan fingerprint density at radius 2 is 1.71 bits per heavy atom. The van der Waals surface area contributed by atoms with Crippen LogP contribution in [0.15, 0.2) is 72.8 Å². The number of fused-ring (bicyclic) bond motifs is 1. The lowest BCUT2D eigenvalue weighted by atomic mass is 9.98. The fraction of sp³-hybridized carbons (Fsp3) is 0.214. The highest BCUT2D eigenvalue weighted by molar-refractivity contribution is 6.37. The number of benzene rings is 3. The van der Waals surface area contributed by atoms with Crippen LogP contribution in [0.3, 0.4) is 0 Å². The quantitative estimate of drug-likeness (QED) is 0.275. The van der Waals surface area contributed by atoms with Crippen molar-refractivity contribution in [3.8, 4) is 0 Å². The lowest BCUT2D eigenvalue weighted by Gasteiger charge is -2.15. The summed E-state index contributed by atoms with van der Waals surface area (Å²) in [6.07, 6.45) is 1.94. The van der Waals surface area contributed by atoms with Crippen LogP contribution in [0.2, 0.25) is 0 Å². The van der Waals surface area contributed by atoms with Crippen molar-refractivity contribution in [1.82, 2.24) is 10.6 Å². The Labute approximate surface area is 200 Å². The van der Waals surface area contributed by atoms with E-state index in [1.165, 1.54) is 5.56 Å². The second-order valence-corrected chi connectivity index (χ2v) is 8.29. The van der Waals surface area contributed by atoms with Gasteiger partial charge in [-0.25, -0.2) is 0 Å². The van der Waals surface area contributed by atoms with Gasteiger partial charge in [-0.05, 0) is 54.9 Å². The number of carbonyl (C=O) groups excluding carboxylic acids is 2. The molecule has 6 heteroatoms. The second-order valence-electron chi connectivity index (χ2n) is 8.29. The summed E-state index contributed by atoms with van der Waals surface area (Å²) < 4.78 is 0. The van der Waals surface area contributed by atoms with Crippen LogP contribution in [0, 0.1) is 0 Å². The summed E-state index contributed by atoms with van der Waals surface area (Å²) in [5.41, 5.74) is 6.09. The molecule has 1 aliphatic rings. The number of amides is 2. The van der Waals surface area contributed by atoms with Gasteiger partial charge in [-0.15, -0.1) is 0 Å². The Kier molecular flexibility index (Phi) is 7.40. The van der Waals surface area contributed by atoms with Crippen molar-refractivity contribution in [2.24, 2.45) is 0 Å². The van der Waals surface area contributed by atoms with Gasteiger partial charge in [0.05, 0.1) is 11.3 Å². The molecular weight excluding hydrogens is 424 g/mol. The van der Waals surface area contributed by atoms with Gasteiger partial charge in [0.1, 0.15) is 0 Å². The first-order valence-corrected chi connectivity index (χ1v) is 11.6. The fourth-order valence-corrected chi connectivity index (χ4v) is 3.98. The molecule has 0 fully saturated rings. The van der Waals surface area contributed by atoms with E-state index in [1.807, 2.05) is 61.6 Å². The predicted octanol–water partition coefficient (Wildman–Crippen LogP) is 4.87. The maximum atomic E-state index is 13.1. The zero-order valence-corrected chi connectivity index (χ0v) is 19.6. The van der Waals surface area contributed by atoms with Gasteiger partial charge in [-0.2, -0.15) is 0 Å². The Hall–Kier alpha value is -3.90. The summed E-state index contributed by atoms with van der Waals surface area (Å²) in [6.45, 7) is 3.50. The minimum Gasteiger partial charge on any atom is -0.354 e. The monoisotopic (exact) mass is 454 g/mol. The van der Waals surface area contributed by atoms with Gasteiger partial charge in [0, 0.05) is 35.6 Å². The summed E-state index contributed by atoms with van der Waals surface area (Å²) in [5, 5.41) is 12.5. The third-order valence-corrected chi connectivity index (χ3v) is 5.76. The van der Waals surface area contributed by atoms with Crippen LogP contribution in [0.1, 0.15) is 46.8 Å². The summed E-state index contributed by atoms with van der Waals surface area (Å²) in [5.74, 6) is -0.332. The third-order valence-electron chi connectivity index (χ3n) is 5.76. The van der Waals surface area contributed by atoms with Crippen molar-refractivity contribution in [2.45, 2.75) is 26.3 Å². The van der Waals surface area contributed by atoms with E-state index in [2.05, 4.69) is 28.2 Å². The zero-order valence-electron chi connectivity index (χ0n) is 19.6. The maximum Gasteiger partial charge on any atom is 0.258 e. The Morgan fingerprint density at radius 1 is 0.941 bits per heavy atom. The highest BCUT2D eigenvalue weighted by Gasteiger charge is 2.29. The minimum atomic E-state index is -0.198. The molecule has 3 aromatic rings. The highest BCUT2D eigenvalue weighted by Crippen LogP contribution is 2.38. The predicted molar refractivity (Wildman–Crippen MR) is 138 cm³/mol. The van der Waals surface area contributed by atoms with Crippen LogP contribution in [-0.4, -0.2) is 25.4 Å². The number of anilines is 2. The number of rotatable bonds is 9. The van der Waals surface area contributed by atoms with Crippen molar-refractivity contribution >= 4 is 34.5 Å². The first-order valence-electron chi connectivity index (χ1n) is 11.6. The lowest BCUT2D eigenvalue weighted by Crippen LogP contribution is -2.24. The molecule has 0 saturated carbocycles. The molecule has 0 saturated heterocycles. The van der Waals surface area contributed by atoms with Crippen LogP contribution in [-0.2, 0) is 11.3 Å². The van der Waals surface area contributed by atoms with Crippen molar-refractivity contribution in [3.05, 3.63) is 95.1 Å². The summed E-state index contributed by atoms with van der Waals surface area (Å²) in [7, 11) is 1.92. The first kappa shape index (κ1) is 23.3. The molecule has 4 N–H and O–H groups in total. The van der Waals surface area contributed by atoms with Crippen molar-refractivity contribution in [1.29, 1.82) is 0 Å². The van der Waals surface area contributed by atoms with Gasteiger partial charge in [0.25, 0.3) is 11.8 Å². The van der Waals surface area contributed by atoms with Crippen LogP contribution < -0.4 is 21.3 Å². The smallest absolute Gasteiger partial charge is 0.258 e. The summed E-state index contributed by atoms with van der Waals surface area (Å²) >= 11 is 0. The highest BCUT2D eigenvalue weighted by atomic mass is 16.2. The zero-order chi connectivity index (χ0) is 23.9. The van der Waals surface area contributed by atoms with Gasteiger partial charge >= 0.3 is 0 Å². The first-order chi connectivity index (χ1) is 16.6. The number of hydrogen-bond donors (Lipinski definition) is 4.